The van der Waals surface area contributed by atoms with Crippen molar-refractivity contribution < 1.29 is 14.3 Å². The number of anilines is 1. The van der Waals surface area contributed by atoms with Crippen LogP contribution in [0.15, 0.2) is 24.3 Å². The van der Waals surface area contributed by atoms with E-state index in [-0.39, 0.29) is 6.03 Å². The molecule has 0 saturated carbocycles. The van der Waals surface area contributed by atoms with Crippen molar-refractivity contribution >= 4 is 11.7 Å². The van der Waals surface area contributed by atoms with Crippen LogP contribution < -0.4 is 10.1 Å². The van der Waals surface area contributed by atoms with Gasteiger partial charge in [0.2, 0.25) is 0 Å². The smallest absolute Gasteiger partial charge is 0.322 e. The fourth-order valence-electron chi connectivity index (χ4n) is 2.74. The lowest BCUT2D eigenvalue weighted by molar-refractivity contribution is 0.171. The van der Waals surface area contributed by atoms with Gasteiger partial charge in [0.25, 0.3) is 0 Å². The minimum atomic E-state index is -0.142. The molecule has 0 atom stereocenters. The molecule has 0 unspecified atom stereocenters. The second-order valence-corrected chi connectivity index (χ2v) is 6.22. The molecule has 0 bridgehead atoms. The van der Waals surface area contributed by atoms with E-state index in [9.17, 15) is 4.79 Å². The van der Waals surface area contributed by atoms with Gasteiger partial charge in [-0.2, -0.15) is 5.10 Å². The van der Waals surface area contributed by atoms with E-state index in [1.54, 1.807) is 23.8 Å². The molecular weight excluding hydrogens is 332 g/mol. The lowest BCUT2D eigenvalue weighted by atomic mass is 10.2. The monoisotopic (exact) mass is 360 g/mol. The van der Waals surface area contributed by atoms with Crippen LogP contribution in [0.2, 0.25) is 0 Å². The Kier molecular flexibility index (Phi) is 7.03. The Hall–Kier alpha value is -2.54. The van der Waals surface area contributed by atoms with E-state index < -0.39 is 0 Å². The summed E-state index contributed by atoms with van der Waals surface area (Å²) in [6, 6.07) is 7.59. The molecular formula is C19H28N4O3. The van der Waals surface area contributed by atoms with Gasteiger partial charge in [0.05, 0.1) is 24.2 Å². The van der Waals surface area contributed by atoms with Crippen molar-refractivity contribution in [2.75, 3.05) is 32.7 Å². The number of rotatable bonds is 8. The van der Waals surface area contributed by atoms with Crippen LogP contribution >= 0.6 is 0 Å². The number of carbonyl (C=O) groups excluding carboxylic acids is 1. The number of methoxy groups -OCH3 is 2. The average Bonchev–Trinajstić information content (AvgIpc) is 2.87. The Morgan fingerprint density at radius 2 is 1.92 bits per heavy atom. The summed E-state index contributed by atoms with van der Waals surface area (Å²) in [6.07, 6.45) is 0.769. The first-order chi connectivity index (χ1) is 12.5. The zero-order valence-corrected chi connectivity index (χ0v) is 16.2. The third-order valence-electron chi connectivity index (χ3n) is 4.34. The number of hydrogen-bond donors (Lipinski definition) is 1. The molecule has 0 saturated heterocycles. The third kappa shape index (κ3) is 4.98. The van der Waals surface area contributed by atoms with Crippen molar-refractivity contribution in [3.63, 3.8) is 0 Å². The molecule has 0 aliphatic rings. The van der Waals surface area contributed by atoms with E-state index in [1.165, 1.54) is 0 Å². The van der Waals surface area contributed by atoms with Gasteiger partial charge in [0.1, 0.15) is 5.75 Å². The molecule has 0 fully saturated rings. The predicted molar refractivity (Wildman–Crippen MR) is 102 cm³/mol. The van der Waals surface area contributed by atoms with E-state index in [0.29, 0.717) is 19.7 Å². The number of ether oxygens (including phenoxy) is 2. The molecule has 1 heterocycles. The van der Waals surface area contributed by atoms with Gasteiger partial charge in [-0.25, -0.2) is 4.79 Å². The molecule has 1 N–H and O–H groups in total. The Labute approximate surface area is 154 Å². The second kappa shape index (κ2) is 9.24. The van der Waals surface area contributed by atoms with Gasteiger partial charge in [0.15, 0.2) is 0 Å². The van der Waals surface area contributed by atoms with Crippen molar-refractivity contribution in [1.82, 2.24) is 14.7 Å². The van der Waals surface area contributed by atoms with Crippen LogP contribution in [0, 0.1) is 13.8 Å². The van der Waals surface area contributed by atoms with Crippen molar-refractivity contribution in [2.45, 2.75) is 26.8 Å². The standard InChI is InChI=1S/C19H28N4O3/c1-14-18(15(2)22(3)21-14)20-19(24)23(11-6-12-25-4)13-16-7-9-17(26-5)10-8-16/h7-10H,6,11-13H2,1-5H3,(H,20,24). The number of aromatic nitrogens is 2. The van der Waals surface area contributed by atoms with Crippen molar-refractivity contribution in [3.05, 3.63) is 41.2 Å². The minimum absolute atomic E-state index is 0.142. The normalized spacial score (nSPS) is 10.7. The van der Waals surface area contributed by atoms with E-state index >= 15 is 0 Å². The predicted octanol–water partition coefficient (Wildman–Crippen LogP) is 3.12. The summed E-state index contributed by atoms with van der Waals surface area (Å²) in [5.74, 6) is 0.797. The van der Waals surface area contributed by atoms with Crippen LogP contribution in [0.4, 0.5) is 10.5 Å². The number of nitrogens with zero attached hydrogens (tertiary/aromatic N) is 3. The fraction of sp³-hybridized carbons (Fsp3) is 0.474. The van der Waals surface area contributed by atoms with E-state index in [1.807, 2.05) is 45.2 Å². The first kappa shape index (κ1) is 19.8. The molecule has 0 radical (unpaired) electrons. The van der Waals surface area contributed by atoms with Crippen LogP contribution in [-0.2, 0) is 18.3 Å². The van der Waals surface area contributed by atoms with Gasteiger partial charge in [-0.3, -0.25) is 4.68 Å². The number of hydrogen-bond acceptors (Lipinski definition) is 4. The highest BCUT2D eigenvalue weighted by molar-refractivity contribution is 5.90. The molecule has 0 aliphatic carbocycles. The first-order valence-corrected chi connectivity index (χ1v) is 8.64. The summed E-state index contributed by atoms with van der Waals surface area (Å²) in [7, 11) is 5.17. The van der Waals surface area contributed by atoms with Crippen molar-refractivity contribution in [3.8, 4) is 5.75 Å². The van der Waals surface area contributed by atoms with E-state index in [0.717, 1.165) is 34.8 Å². The molecule has 0 spiro atoms. The summed E-state index contributed by atoms with van der Waals surface area (Å²) in [5.41, 5.74) is 3.54. The Bertz CT molecular complexity index is 725. The number of nitrogens with one attached hydrogen (secondary N) is 1. The van der Waals surface area contributed by atoms with Crippen LogP contribution in [0.3, 0.4) is 0 Å². The molecule has 26 heavy (non-hydrogen) atoms. The van der Waals surface area contributed by atoms with Gasteiger partial charge in [-0.05, 0) is 38.0 Å². The van der Waals surface area contributed by atoms with Crippen molar-refractivity contribution in [1.29, 1.82) is 0 Å². The Balaban J connectivity index is 2.12. The maximum atomic E-state index is 12.9. The van der Waals surface area contributed by atoms with Gasteiger partial charge in [0, 0.05) is 33.9 Å². The SMILES string of the molecule is COCCCN(Cc1ccc(OC)cc1)C(=O)Nc1c(C)nn(C)c1C. The number of benzene rings is 1. The highest BCUT2D eigenvalue weighted by Gasteiger charge is 2.18. The van der Waals surface area contributed by atoms with Crippen LogP contribution in [-0.4, -0.2) is 48.1 Å². The van der Waals surface area contributed by atoms with Gasteiger partial charge in [-0.15, -0.1) is 0 Å². The summed E-state index contributed by atoms with van der Waals surface area (Å²) < 4.78 is 12.1. The molecule has 2 amide bonds. The summed E-state index contributed by atoms with van der Waals surface area (Å²) in [6.45, 7) is 5.55. The van der Waals surface area contributed by atoms with Crippen LogP contribution in [0.25, 0.3) is 0 Å². The van der Waals surface area contributed by atoms with Crippen molar-refractivity contribution in [2.24, 2.45) is 7.05 Å². The highest BCUT2D eigenvalue weighted by atomic mass is 16.5. The fourth-order valence-corrected chi connectivity index (χ4v) is 2.74. The summed E-state index contributed by atoms with van der Waals surface area (Å²) in [4.78, 5) is 14.6. The minimum Gasteiger partial charge on any atom is -0.497 e. The highest BCUT2D eigenvalue weighted by Crippen LogP contribution is 2.20. The second-order valence-electron chi connectivity index (χ2n) is 6.22. The lowest BCUT2D eigenvalue weighted by Crippen LogP contribution is -2.36. The number of amides is 2. The number of carbonyl (C=O) groups is 1. The zero-order valence-electron chi connectivity index (χ0n) is 16.2. The lowest BCUT2D eigenvalue weighted by Gasteiger charge is -2.23. The largest absolute Gasteiger partial charge is 0.497 e. The van der Waals surface area contributed by atoms with E-state index in [2.05, 4.69) is 10.4 Å². The molecule has 7 heteroatoms. The summed E-state index contributed by atoms with van der Waals surface area (Å²) >= 11 is 0. The molecule has 7 nitrogen and oxygen atoms in total. The average molecular weight is 360 g/mol. The van der Waals surface area contributed by atoms with Gasteiger partial charge >= 0.3 is 6.03 Å². The quantitative estimate of drug-likeness (QED) is 0.735. The maximum Gasteiger partial charge on any atom is 0.322 e. The molecule has 142 valence electrons. The molecule has 0 aliphatic heterocycles. The Morgan fingerprint density at radius 1 is 1.23 bits per heavy atom. The third-order valence-corrected chi connectivity index (χ3v) is 4.34. The van der Waals surface area contributed by atoms with Crippen LogP contribution in [0.1, 0.15) is 23.4 Å². The summed E-state index contributed by atoms with van der Waals surface area (Å²) in [5, 5.41) is 7.36. The molecule has 1 aromatic heterocycles. The molecule has 1 aromatic carbocycles. The molecule has 2 aromatic rings. The Morgan fingerprint density at radius 3 is 2.46 bits per heavy atom. The molecule has 2 rings (SSSR count). The van der Waals surface area contributed by atoms with Crippen LogP contribution in [0.5, 0.6) is 5.75 Å². The first-order valence-electron chi connectivity index (χ1n) is 8.64. The van der Waals surface area contributed by atoms with Gasteiger partial charge < -0.3 is 19.7 Å². The number of urea groups is 1. The zero-order chi connectivity index (χ0) is 19.1. The van der Waals surface area contributed by atoms with E-state index in [4.69, 9.17) is 9.47 Å². The van der Waals surface area contributed by atoms with Gasteiger partial charge in [-0.1, -0.05) is 12.1 Å². The maximum absolute atomic E-state index is 12.9. The topological polar surface area (TPSA) is 68.6 Å². The number of aryl methyl sites for hydroxylation is 2.